The van der Waals surface area contributed by atoms with Crippen molar-refractivity contribution in [2.24, 2.45) is 5.92 Å². The van der Waals surface area contributed by atoms with Crippen LogP contribution >= 0.6 is 0 Å². The van der Waals surface area contributed by atoms with Gasteiger partial charge in [0.1, 0.15) is 12.1 Å². The van der Waals surface area contributed by atoms with Crippen LogP contribution in [0.3, 0.4) is 0 Å². The number of nitrogens with zero attached hydrogens (tertiary/aromatic N) is 1. The first-order valence-electron chi connectivity index (χ1n) is 10.5. The Morgan fingerprint density at radius 2 is 2.10 bits per heavy atom. The molecule has 1 aliphatic rings. The monoisotopic (exact) mass is 407 g/mol. The molecule has 4 N–H and O–H groups in total. The summed E-state index contributed by atoms with van der Waals surface area (Å²) in [6.07, 6.45) is 5.94. The molecular formula is C21H34FN5O2. The molecule has 0 aromatic heterocycles. The Balaban J connectivity index is 1.62. The summed E-state index contributed by atoms with van der Waals surface area (Å²) in [6.45, 7) is 4.34. The van der Waals surface area contributed by atoms with Gasteiger partial charge < -0.3 is 20.3 Å². The second kappa shape index (κ2) is 12.4. The van der Waals surface area contributed by atoms with E-state index in [9.17, 15) is 14.0 Å². The van der Waals surface area contributed by atoms with Gasteiger partial charge in [-0.15, -0.1) is 0 Å². The van der Waals surface area contributed by atoms with Gasteiger partial charge in [0.15, 0.2) is 0 Å². The van der Waals surface area contributed by atoms with Gasteiger partial charge in [-0.05, 0) is 56.2 Å². The van der Waals surface area contributed by atoms with Crippen molar-refractivity contribution in [2.75, 3.05) is 38.5 Å². The summed E-state index contributed by atoms with van der Waals surface area (Å²) < 4.78 is 14.0. The molecule has 1 aromatic carbocycles. The van der Waals surface area contributed by atoms with Gasteiger partial charge >= 0.3 is 6.03 Å². The van der Waals surface area contributed by atoms with Crippen molar-refractivity contribution in [3.63, 3.8) is 0 Å². The smallest absolute Gasteiger partial charge is 0.317 e. The summed E-state index contributed by atoms with van der Waals surface area (Å²) in [5.41, 5.74) is 8.05. The Bertz CT molecular complexity index is 654. The number of rotatable bonds is 14. The summed E-state index contributed by atoms with van der Waals surface area (Å²) in [6, 6.07) is 5.01. The molecule has 7 nitrogen and oxygen atoms in total. The molecule has 0 bridgehead atoms. The van der Waals surface area contributed by atoms with Crippen molar-refractivity contribution in [2.45, 2.75) is 45.1 Å². The van der Waals surface area contributed by atoms with Crippen LogP contribution in [-0.2, 0) is 4.79 Å². The topological polar surface area (TPSA) is 85.5 Å². The minimum Gasteiger partial charge on any atom is -0.382 e. The van der Waals surface area contributed by atoms with Crippen LogP contribution in [0.25, 0.3) is 0 Å². The molecule has 1 saturated carbocycles. The summed E-state index contributed by atoms with van der Waals surface area (Å²) in [7, 11) is 1.56. The Kier molecular flexibility index (Phi) is 9.87. The van der Waals surface area contributed by atoms with Crippen molar-refractivity contribution >= 4 is 18.0 Å². The number of hydrogen-bond donors (Lipinski definition) is 4. The fourth-order valence-electron chi connectivity index (χ4n) is 3.05. The van der Waals surface area contributed by atoms with Gasteiger partial charge in [-0.3, -0.25) is 10.9 Å². The zero-order chi connectivity index (χ0) is 21.1. The summed E-state index contributed by atoms with van der Waals surface area (Å²) in [5.74, 6) is 0.479. The molecule has 29 heavy (non-hydrogen) atoms. The van der Waals surface area contributed by atoms with Gasteiger partial charge in [0.25, 0.3) is 0 Å². The summed E-state index contributed by atoms with van der Waals surface area (Å²) in [4.78, 5) is 23.7. The van der Waals surface area contributed by atoms with Crippen LogP contribution in [0.2, 0.25) is 0 Å². The number of carbonyl (C=O) groups excluding carboxylic acids is 2. The van der Waals surface area contributed by atoms with E-state index < -0.39 is 0 Å². The maximum absolute atomic E-state index is 14.0. The van der Waals surface area contributed by atoms with Crippen molar-refractivity contribution in [3.05, 3.63) is 29.6 Å². The van der Waals surface area contributed by atoms with Crippen molar-refractivity contribution in [3.8, 4) is 0 Å². The predicted molar refractivity (Wildman–Crippen MR) is 113 cm³/mol. The maximum Gasteiger partial charge on any atom is 0.317 e. The highest BCUT2D eigenvalue weighted by Crippen LogP contribution is 2.29. The lowest BCUT2D eigenvalue weighted by Crippen LogP contribution is -2.39. The summed E-state index contributed by atoms with van der Waals surface area (Å²) in [5, 5.41) is 5.75. The molecule has 0 saturated heterocycles. The zero-order valence-electron chi connectivity index (χ0n) is 17.5. The number of amides is 2. The van der Waals surface area contributed by atoms with Crippen LogP contribution in [0, 0.1) is 11.7 Å². The number of urea groups is 1. The lowest BCUT2D eigenvalue weighted by atomic mass is 10.1. The van der Waals surface area contributed by atoms with Crippen LogP contribution in [0.15, 0.2) is 18.2 Å². The van der Waals surface area contributed by atoms with Crippen molar-refractivity contribution in [1.82, 2.24) is 21.1 Å². The van der Waals surface area contributed by atoms with E-state index in [4.69, 9.17) is 0 Å². The van der Waals surface area contributed by atoms with E-state index in [1.165, 1.54) is 23.8 Å². The maximum atomic E-state index is 14.0. The van der Waals surface area contributed by atoms with Gasteiger partial charge in [-0.1, -0.05) is 12.5 Å². The third-order valence-electron chi connectivity index (χ3n) is 5.11. The fraction of sp³-hybridized carbons (Fsp3) is 0.619. The number of halogens is 1. The molecule has 2 rings (SSSR count). The normalized spacial score (nSPS) is 14.3. The number of hydrazine groups is 1. The van der Waals surface area contributed by atoms with Gasteiger partial charge in [0, 0.05) is 32.7 Å². The molecule has 162 valence electrons. The lowest BCUT2D eigenvalue weighted by molar-refractivity contribution is -0.108. The Hall–Kier alpha value is -2.19. The molecule has 0 aliphatic heterocycles. The highest BCUT2D eigenvalue weighted by Gasteiger charge is 2.21. The van der Waals surface area contributed by atoms with E-state index in [-0.39, 0.29) is 24.4 Å². The molecule has 1 unspecified atom stereocenters. The number of aldehydes is 1. The van der Waals surface area contributed by atoms with E-state index in [2.05, 4.69) is 21.5 Å². The molecule has 0 heterocycles. The lowest BCUT2D eigenvalue weighted by Gasteiger charge is -2.19. The number of carbonyl (C=O) groups is 2. The van der Waals surface area contributed by atoms with Gasteiger partial charge in [-0.2, -0.15) is 0 Å². The molecule has 1 fully saturated rings. The average Bonchev–Trinajstić information content (AvgIpc) is 3.55. The molecule has 1 aromatic rings. The molecule has 1 aliphatic carbocycles. The molecule has 8 heteroatoms. The van der Waals surface area contributed by atoms with Crippen LogP contribution < -0.4 is 21.5 Å². The number of nitrogens with one attached hydrogen (secondary N) is 4. The highest BCUT2D eigenvalue weighted by molar-refractivity contribution is 5.76. The molecule has 1 atom stereocenters. The second-order valence-electron chi connectivity index (χ2n) is 7.58. The van der Waals surface area contributed by atoms with E-state index in [0.717, 1.165) is 44.2 Å². The fourth-order valence-corrected chi connectivity index (χ4v) is 3.05. The third-order valence-corrected chi connectivity index (χ3v) is 5.11. The predicted octanol–water partition coefficient (Wildman–Crippen LogP) is 2.81. The van der Waals surface area contributed by atoms with Crippen LogP contribution in [-0.4, -0.2) is 50.4 Å². The minimum atomic E-state index is -0.226. The largest absolute Gasteiger partial charge is 0.382 e. The van der Waals surface area contributed by atoms with Gasteiger partial charge in [0.05, 0.1) is 12.2 Å². The average molecular weight is 408 g/mol. The van der Waals surface area contributed by atoms with E-state index >= 15 is 0 Å². The number of hydrogen-bond acceptors (Lipinski definition) is 5. The molecular weight excluding hydrogens is 373 g/mol. The number of benzene rings is 1. The van der Waals surface area contributed by atoms with Gasteiger partial charge in [0.2, 0.25) is 0 Å². The molecule has 0 radical (unpaired) electrons. The van der Waals surface area contributed by atoms with Gasteiger partial charge in [-0.25, -0.2) is 9.18 Å². The van der Waals surface area contributed by atoms with Crippen LogP contribution in [0.5, 0.6) is 0 Å². The highest BCUT2D eigenvalue weighted by atomic mass is 19.1. The van der Waals surface area contributed by atoms with Crippen LogP contribution in [0.4, 0.5) is 14.9 Å². The standard InChI is InChI=1S/C21H34FN5O2/c1-16(18-8-9-19(22)20(14-18)24-15-17-6-7-17)26-25-10-4-3-5-11-27(12-13-28)21(29)23-2/h8-9,13-14,16-17,24-26H,3-7,10-12,15H2,1-2H3,(H,23,29). The van der Waals surface area contributed by atoms with Crippen molar-refractivity contribution in [1.29, 1.82) is 0 Å². The van der Waals surface area contributed by atoms with E-state index in [1.807, 2.05) is 13.0 Å². The zero-order valence-corrected chi connectivity index (χ0v) is 17.5. The molecule has 0 spiro atoms. The third kappa shape index (κ3) is 8.37. The summed E-state index contributed by atoms with van der Waals surface area (Å²) >= 11 is 0. The second-order valence-corrected chi connectivity index (χ2v) is 7.58. The number of unbranched alkanes of at least 4 members (excludes halogenated alkanes) is 2. The van der Waals surface area contributed by atoms with Crippen LogP contribution in [0.1, 0.15) is 50.6 Å². The number of anilines is 1. The van der Waals surface area contributed by atoms with E-state index in [0.29, 0.717) is 18.2 Å². The first-order chi connectivity index (χ1) is 14.0. The first kappa shape index (κ1) is 23.1. The Morgan fingerprint density at radius 1 is 1.31 bits per heavy atom. The Morgan fingerprint density at radius 3 is 2.79 bits per heavy atom. The Labute approximate surface area is 172 Å². The van der Waals surface area contributed by atoms with E-state index in [1.54, 1.807) is 13.1 Å². The SMILES string of the molecule is CNC(=O)N(CC=O)CCCCCNNC(C)c1ccc(F)c(NCC2CC2)c1. The quantitative estimate of drug-likeness (QED) is 0.216. The molecule has 2 amide bonds. The first-order valence-corrected chi connectivity index (χ1v) is 10.5. The van der Waals surface area contributed by atoms with Crippen molar-refractivity contribution < 1.29 is 14.0 Å². The minimum absolute atomic E-state index is 0.0495.